The number of hydrogen-bond donors (Lipinski definition) is 0. The minimum absolute atomic E-state index is 0.254. The number of fused-ring (bicyclic) bond motifs is 15. The third kappa shape index (κ3) is 3.44. The molecule has 0 saturated carbocycles. The first-order valence-corrected chi connectivity index (χ1v) is 17.9. The average Bonchev–Trinajstić information content (AvgIpc) is 3.84. The van der Waals surface area contributed by atoms with Crippen molar-refractivity contribution in [2.75, 3.05) is 0 Å². The first kappa shape index (κ1) is 28.3. The minimum Gasteiger partial charge on any atom is -0.455 e. The normalized spacial score (nSPS) is 16.6. The highest BCUT2D eigenvalue weighted by Crippen LogP contribution is 2.63. The molecular weight excluding hydrogens is 609 g/mol. The fourth-order valence-electron chi connectivity index (χ4n) is 9.79. The molecule has 11 rings (SSSR count). The van der Waals surface area contributed by atoms with Crippen molar-refractivity contribution in [2.24, 2.45) is 0 Å². The summed E-state index contributed by atoms with van der Waals surface area (Å²) in [5.74, 6) is 0. The average molecular weight is 645 g/mol. The van der Waals surface area contributed by atoms with E-state index in [9.17, 15) is 0 Å². The molecule has 0 fully saturated rings. The lowest BCUT2D eigenvalue weighted by Crippen LogP contribution is -2.24. The van der Waals surface area contributed by atoms with Crippen LogP contribution in [0.5, 0.6) is 0 Å². The van der Waals surface area contributed by atoms with Crippen molar-refractivity contribution in [3.8, 4) is 33.4 Å². The molecule has 0 atom stereocenters. The Morgan fingerprint density at radius 2 is 1.10 bits per heavy atom. The van der Waals surface area contributed by atoms with Crippen molar-refractivity contribution in [2.45, 2.75) is 51.4 Å². The van der Waals surface area contributed by atoms with Crippen LogP contribution >= 0.6 is 0 Å². The quantitative estimate of drug-likeness (QED) is 0.187. The van der Waals surface area contributed by atoms with Gasteiger partial charge in [0.15, 0.2) is 0 Å². The summed E-state index contributed by atoms with van der Waals surface area (Å²) in [6.07, 6.45) is 9.18. The van der Waals surface area contributed by atoms with Crippen LogP contribution in [0.1, 0.15) is 68.4 Å². The Morgan fingerprint density at radius 3 is 1.78 bits per heavy atom. The van der Waals surface area contributed by atoms with Gasteiger partial charge in [0.2, 0.25) is 0 Å². The van der Waals surface area contributed by atoms with Crippen LogP contribution in [0.3, 0.4) is 0 Å². The predicted octanol–water partition coefficient (Wildman–Crippen LogP) is 13.5. The van der Waals surface area contributed by atoms with Crippen LogP contribution < -0.4 is 0 Å². The molecule has 3 aliphatic carbocycles. The summed E-state index contributed by atoms with van der Waals surface area (Å²) in [4.78, 5) is 0. The maximum absolute atomic E-state index is 6.91. The van der Waals surface area contributed by atoms with Crippen molar-refractivity contribution < 1.29 is 8.83 Å². The maximum atomic E-state index is 6.91. The molecule has 50 heavy (non-hydrogen) atoms. The molecular formula is C48H36O2. The van der Waals surface area contributed by atoms with Crippen molar-refractivity contribution in [1.29, 1.82) is 0 Å². The van der Waals surface area contributed by atoms with Gasteiger partial charge < -0.3 is 8.83 Å². The highest BCUT2D eigenvalue weighted by atomic mass is 16.3. The molecule has 2 nitrogen and oxygen atoms in total. The SMILES string of the molecule is CC1(C)c2cc(C3=CCCC=C3)c3c(oc4ccccc43)c2-c2ccc3c(c21)C(C)(C)c1cc(-c2ccccc2)c2oc4ccccc4c2c1-3. The molecule has 2 heterocycles. The molecule has 0 bridgehead atoms. The summed E-state index contributed by atoms with van der Waals surface area (Å²) in [7, 11) is 0. The van der Waals surface area contributed by atoms with E-state index in [0.717, 1.165) is 40.7 Å². The van der Waals surface area contributed by atoms with Crippen molar-refractivity contribution in [3.05, 3.63) is 149 Å². The van der Waals surface area contributed by atoms with Crippen molar-refractivity contribution in [1.82, 2.24) is 0 Å². The summed E-state index contributed by atoms with van der Waals surface area (Å²) in [6, 6.07) is 37.5. The van der Waals surface area contributed by atoms with E-state index in [0.29, 0.717) is 0 Å². The van der Waals surface area contributed by atoms with Gasteiger partial charge in [0.1, 0.15) is 22.3 Å². The Morgan fingerprint density at radius 1 is 0.520 bits per heavy atom. The third-order valence-corrected chi connectivity index (χ3v) is 12.0. The third-order valence-electron chi connectivity index (χ3n) is 12.0. The highest BCUT2D eigenvalue weighted by Gasteiger charge is 2.48. The second kappa shape index (κ2) is 9.55. The van der Waals surface area contributed by atoms with E-state index in [-0.39, 0.29) is 10.8 Å². The Hall–Kier alpha value is -5.60. The maximum Gasteiger partial charge on any atom is 0.144 e. The van der Waals surface area contributed by atoms with E-state index in [2.05, 4.69) is 149 Å². The van der Waals surface area contributed by atoms with Crippen LogP contribution in [0.25, 0.3) is 82.8 Å². The summed E-state index contributed by atoms with van der Waals surface area (Å²) in [6.45, 7) is 9.72. The number of allylic oxidation sites excluding steroid dienone is 4. The molecule has 0 unspecified atom stereocenters. The fraction of sp³-hybridized carbons (Fsp3) is 0.167. The van der Waals surface area contributed by atoms with Crippen LogP contribution in [-0.2, 0) is 10.8 Å². The van der Waals surface area contributed by atoms with Crippen LogP contribution in [0.4, 0.5) is 0 Å². The molecule has 8 aromatic rings. The van der Waals surface area contributed by atoms with Crippen molar-refractivity contribution in [3.63, 3.8) is 0 Å². The van der Waals surface area contributed by atoms with Gasteiger partial charge in [0.25, 0.3) is 0 Å². The van der Waals surface area contributed by atoms with E-state index in [1.807, 2.05) is 0 Å². The number of para-hydroxylation sites is 2. The number of rotatable bonds is 2. The molecule has 2 aromatic heterocycles. The van der Waals surface area contributed by atoms with Gasteiger partial charge >= 0.3 is 0 Å². The van der Waals surface area contributed by atoms with Gasteiger partial charge in [0, 0.05) is 43.5 Å². The van der Waals surface area contributed by atoms with Crippen LogP contribution in [-0.4, -0.2) is 0 Å². The molecule has 240 valence electrons. The summed E-state index contributed by atoms with van der Waals surface area (Å²) < 4.78 is 13.7. The van der Waals surface area contributed by atoms with Crippen LogP contribution in [0, 0.1) is 0 Å². The molecule has 0 N–H and O–H groups in total. The molecule has 0 amide bonds. The molecule has 3 aliphatic rings. The molecule has 0 aliphatic heterocycles. The number of hydrogen-bond acceptors (Lipinski definition) is 2. The van der Waals surface area contributed by atoms with E-state index < -0.39 is 0 Å². The summed E-state index contributed by atoms with van der Waals surface area (Å²) in [5, 5.41) is 4.80. The zero-order valence-electron chi connectivity index (χ0n) is 28.8. The van der Waals surface area contributed by atoms with E-state index in [4.69, 9.17) is 8.83 Å². The Bertz CT molecular complexity index is 2850. The predicted molar refractivity (Wildman–Crippen MR) is 208 cm³/mol. The summed E-state index contributed by atoms with van der Waals surface area (Å²) >= 11 is 0. The number of furan rings is 2. The zero-order chi connectivity index (χ0) is 33.5. The van der Waals surface area contributed by atoms with Gasteiger partial charge in [-0.2, -0.15) is 0 Å². The lowest BCUT2D eigenvalue weighted by molar-refractivity contribution is 0.600. The molecule has 0 radical (unpaired) electrons. The monoisotopic (exact) mass is 644 g/mol. The summed E-state index contributed by atoms with van der Waals surface area (Å²) in [5.41, 5.74) is 19.0. The second-order valence-electron chi connectivity index (χ2n) is 15.5. The molecule has 2 heteroatoms. The van der Waals surface area contributed by atoms with Gasteiger partial charge in [-0.05, 0) is 92.8 Å². The van der Waals surface area contributed by atoms with E-state index in [1.165, 1.54) is 82.8 Å². The molecule has 0 spiro atoms. The van der Waals surface area contributed by atoms with Gasteiger partial charge in [-0.3, -0.25) is 0 Å². The van der Waals surface area contributed by atoms with Gasteiger partial charge in [-0.1, -0.05) is 125 Å². The second-order valence-corrected chi connectivity index (χ2v) is 15.5. The topological polar surface area (TPSA) is 26.3 Å². The molecule has 6 aromatic carbocycles. The zero-order valence-corrected chi connectivity index (χ0v) is 28.8. The van der Waals surface area contributed by atoms with Crippen LogP contribution in [0.15, 0.2) is 130 Å². The van der Waals surface area contributed by atoms with Gasteiger partial charge in [0.05, 0.1) is 0 Å². The minimum atomic E-state index is -0.254. The van der Waals surface area contributed by atoms with Gasteiger partial charge in [-0.25, -0.2) is 0 Å². The fourth-order valence-corrected chi connectivity index (χ4v) is 9.79. The van der Waals surface area contributed by atoms with Crippen LogP contribution in [0.2, 0.25) is 0 Å². The lowest BCUT2D eigenvalue weighted by atomic mass is 9.72. The Labute approximate surface area is 291 Å². The Balaban J connectivity index is 1.25. The highest BCUT2D eigenvalue weighted by molar-refractivity contribution is 6.20. The molecule has 0 saturated heterocycles. The first-order valence-electron chi connectivity index (χ1n) is 17.9. The van der Waals surface area contributed by atoms with E-state index >= 15 is 0 Å². The largest absolute Gasteiger partial charge is 0.455 e. The first-order chi connectivity index (χ1) is 24.3. The standard InChI is InChI=1S/C48H36O2/c1-47(2)35-26-34(28-17-9-6-10-18-28)45-42(30-20-12-14-22-38(30)49-45)40(35)31-23-24-32-41-36(48(3,4)44(32)43(31)47)25-33(27-15-7-5-8-16-27)39-29-19-11-13-21-37(29)50-46(39)41/h6-7,9-26H,5,8H2,1-4H3. The van der Waals surface area contributed by atoms with E-state index in [1.54, 1.807) is 0 Å². The van der Waals surface area contributed by atoms with Gasteiger partial charge in [-0.15, -0.1) is 0 Å². The Kier molecular flexibility index (Phi) is 5.40. The smallest absolute Gasteiger partial charge is 0.144 e. The lowest BCUT2D eigenvalue weighted by Gasteiger charge is -2.31. The van der Waals surface area contributed by atoms with Crippen molar-refractivity contribution >= 4 is 49.5 Å². The number of benzene rings is 6.